The van der Waals surface area contributed by atoms with Crippen LogP contribution in [0.5, 0.6) is 0 Å². The minimum absolute atomic E-state index is 0.0836. The monoisotopic (exact) mass is 374 g/mol. The third-order valence-corrected chi connectivity index (χ3v) is 4.84. The number of hydrogen-bond donors (Lipinski definition) is 2. The standard InChI is InChI=1S/C20H27FN4O2/c1-13-4-5-18-17(6-13)14(9-22-18)7-20(27)25-10-15(21)8-16(11-25)23-19(26)12-24(2)3/h4-6,9,15-16,22H,7-8,10-12H2,1-3H3,(H,23,26)/t15-,16+/m0/s1. The van der Waals surface area contributed by atoms with E-state index in [1.807, 2.05) is 31.3 Å². The molecule has 0 saturated carbocycles. The number of likely N-dealkylation sites (tertiary alicyclic amines) is 1. The van der Waals surface area contributed by atoms with E-state index < -0.39 is 6.17 Å². The van der Waals surface area contributed by atoms with Gasteiger partial charge in [-0.15, -0.1) is 0 Å². The van der Waals surface area contributed by atoms with Gasteiger partial charge >= 0.3 is 0 Å². The molecule has 2 amide bonds. The Morgan fingerprint density at radius 1 is 1.33 bits per heavy atom. The average molecular weight is 374 g/mol. The third-order valence-electron chi connectivity index (χ3n) is 4.84. The number of nitrogens with one attached hydrogen (secondary N) is 2. The molecule has 2 N–H and O–H groups in total. The van der Waals surface area contributed by atoms with Gasteiger partial charge in [0.25, 0.3) is 0 Å². The van der Waals surface area contributed by atoms with Crippen LogP contribution in [0.15, 0.2) is 24.4 Å². The lowest BCUT2D eigenvalue weighted by atomic mass is 10.0. The Morgan fingerprint density at radius 3 is 2.85 bits per heavy atom. The highest BCUT2D eigenvalue weighted by Gasteiger charge is 2.31. The Balaban J connectivity index is 1.66. The van der Waals surface area contributed by atoms with Crippen molar-refractivity contribution in [2.75, 3.05) is 33.7 Å². The molecule has 27 heavy (non-hydrogen) atoms. The van der Waals surface area contributed by atoms with Crippen LogP contribution in [0, 0.1) is 6.92 Å². The van der Waals surface area contributed by atoms with E-state index in [9.17, 15) is 14.0 Å². The lowest BCUT2D eigenvalue weighted by molar-refractivity contribution is -0.134. The van der Waals surface area contributed by atoms with Crippen LogP contribution in [0.2, 0.25) is 0 Å². The summed E-state index contributed by atoms with van der Waals surface area (Å²) in [6.07, 6.45) is 1.18. The second-order valence-corrected chi connectivity index (χ2v) is 7.67. The first-order valence-corrected chi connectivity index (χ1v) is 9.24. The highest BCUT2D eigenvalue weighted by Crippen LogP contribution is 2.22. The number of aryl methyl sites for hydroxylation is 1. The number of alkyl halides is 1. The van der Waals surface area contributed by atoms with Gasteiger partial charge in [0, 0.05) is 36.1 Å². The van der Waals surface area contributed by atoms with Gasteiger partial charge in [-0.1, -0.05) is 11.6 Å². The van der Waals surface area contributed by atoms with Crippen molar-refractivity contribution in [2.45, 2.75) is 32.0 Å². The second kappa shape index (κ2) is 8.08. The molecule has 1 saturated heterocycles. The van der Waals surface area contributed by atoms with Gasteiger partial charge in [-0.2, -0.15) is 0 Å². The molecule has 6 nitrogen and oxygen atoms in total. The molecule has 0 bridgehead atoms. The molecule has 3 rings (SSSR count). The fourth-order valence-corrected chi connectivity index (χ4v) is 3.62. The molecule has 1 aromatic carbocycles. The molecule has 2 heterocycles. The normalized spacial score (nSPS) is 20.3. The number of piperidine rings is 1. The maximum absolute atomic E-state index is 14.2. The lowest BCUT2D eigenvalue weighted by Crippen LogP contribution is -2.54. The van der Waals surface area contributed by atoms with Crippen molar-refractivity contribution in [3.05, 3.63) is 35.5 Å². The van der Waals surface area contributed by atoms with Crippen molar-refractivity contribution in [3.63, 3.8) is 0 Å². The molecule has 2 aromatic rings. The lowest BCUT2D eigenvalue weighted by Gasteiger charge is -2.35. The van der Waals surface area contributed by atoms with Gasteiger partial charge in [0.15, 0.2) is 0 Å². The predicted molar refractivity (Wildman–Crippen MR) is 103 cm³/mol. The zero-order valence-electron chi connectivity index (χ0n) is 16.1. The van der Waals surface area contributed by atoms with E-state index in [0.29, 0.717) is 6.54 Å². The molecule has 1 aromatic heterocycles. The van der Waals surface area contributed by atoms with Crippen LogP contribution in [-0.4, -0.2) is 72.5 Å². The molecule has 0 radical (unpaired) electrons. The Labute approximate surface area is 158 Å². The summed E-state index contributed by atoms with van der Waals surface area (Å²) in [5, 5.41) is 3.86. The number of amides is 2. The van der Waals surface area contributed by atoms with Crippen LogP contribution >= 0.6 is 0 Å². The summed E-state index contributed by atoms with van der Waals surface area (Å²) < 4.78 is 14.2. The summed E-state index contributed by atoms with van der Waals surface area (Å²) in [6.45, 7) is 2.69. The minimum Gasteiger partial charge on any atom is -0.361 e. The van der Waals surface area contributed by atoms with Gasteiger partial charge in [0.1, 0.15) is 6.17 Å². The van der Waals surface area contributed by atoms with Gasteiger partial charge in [-0.05, 0) is 38.7 Å². The van der Waals surface area contributed by atoms with Crippen LogP contribution in [0.4, 0.5) is 4.39 Å². The van der Waals surface area contributed by atoms with Crippen LogP contribution in [0.3, 0.4) is 0 Å². The van der Waals surface area contributed by atoms with Crippen molar-refractivity contribution in [3.8, 4) is 0 Å². The fourth-order valence-electron chi connectivity index (χ4n) is 3.62. The van der Waals surface area contributed by atoms with Gasteiger partial charge < -0.3 is 20.1 Å². The molecular formula is C20H27FN4O2. The summed E-state index contributed by atoms with van der Waals surface area (Å²) in [5.41, 5.74) is 3.02. The van der Waals surface area contributed by atoms with E-state index in [1.54, 1.807) is 19.0 Å². The number of carbonyl (C=O) groups is 2. The van der Waals surface area contributed by atoms with Gasteiger partial charge in [-0.3, -0.25) is 9.59 Å². The van der Waals surface area contributed by atoms with Gasteiger partial charge in [0.05, 0.1) is 19.5 Å². The molecule has 0 aliphatic carbocycles. The second-order valence-electron chi connectivity index (χ2n) is 7.67. The number of rotatable bonds is 5. The average Bonchev–Trinajstić information content (AvgIpc) is 2.95. The molecule has 1 aliphatic heterocycles. The van der Waals surface area contributed by atoms with Crippen LogP contribution in [0.25, 0.3) is 10.9 Å². The smallest absolute Gasteiger partial charge is 0.234 e. The number of benzene rings is 1. The molecule has 1 aliphatic rings. The zero-order chi connectivity index (χ0) is 19.6. The molecule has 7 heteroatoms. The van der Waals surface area contributed by atoms with E-state index in [4.69, 9.17) is 0 Å². The highest BCUT2D eigenvalue weighted by atomic mass is 19.1. The molecule has 0 unspecified atom stereocenters. The number of halogens is 1. The summed E-state index contributed by atoms with van der Waals surface area (Å²) in [5.74, 6) is -0.273. The molecular weight excluding hydrogens is 347 g/mol. The predicted octanol–water partition coefficient (Wildman–Crippen LogP) is 1.64. The Hall–Kier alpha value is -2.41. The van der Waals surface area contributed by atoms with E-state index in [2.05, 4.69) is 10.3 Å². The molecule has 0 spiro atoms. The SMILES string of the molecule is Cc1ccc2[nH]cc(CC(=O)N3C[C@@H](F)C[C@@H](NC(=O)CN(C)C)C3)c2c1. The fraction of sp³-hybridized carbons (Fsp3) is 0.500. The van der Waals surface area contributed by atoms with Crippen molar-refractivity contribution >= 4 is 22.7 Å². The maximum atomic E-state index is 14.2. The summed E-state index contributed by atoms with van der Waals surface area (Å²) in [4.78, 5) is 31.2. The van der Waals surface area contributed by atoms with Crippen molar-refractivity contribution in [2.24, 2.45) is 0 Å². The summed E-state index contributed by atoms with van der Waals surface area (Å²) >= 11 is 0. The Kier molecular flexibility index (Phi) is 5.79. The maximum Gasteiger partial charge on any atom is 0.234 e. The van der Waals surface area contributed by atoms with Crippen molar-refractivity contribution in [1.29, 1.82) is 0 Å². The van der Waals surface area contributed by atoms with E-state index in [0.717, 1.165) is 22.0 Å². The topological polar surface area (TPSA) is 68.4 Å². The van der Waals surface area contributed by atoms with Crippen LogP contribution < -0.4 is 5.32 Å². The van der Waals surface area contributed by atoms with E-state index in [1.165, 1.54) is 4.90 Å². The number of carbonyl (C=O) groups excluding carboxylic acids is 2. The van der Waals surface area contributed by atoms with Gasteiger partial charge in [0.2, 0.25) is 11.8 Å². The quantitative estimate of drug-likeness (QED) is 0.836. The molecule has 2 atom stereocenters. The third kappa shape index (κ3) is 4.86. The summed E-state index contributed by atoms with van der Waals surface area (Å²) in [7, 11) is 3.61. The number of aromatic nitrogens is 1. The van der Waals surface area contributed by atoms with E-state index in [-0.39, 0.29) is 43.8 Å². The van der Waals surface area contributed by atoms with E-state index >= 15 is 0 Å². The summed E-state index contributed by atoms with van der Waals surface area (Å²) in [6, 6.07) is 5.71. The number of nitrogens with zero attached hydrogens (tertiary/aromatic N) is 2. The number of fused-ring (bicyclic) bond motifs is 1. The van der Waals surface area contributed by atoms with Gasteiger partial charge in [-0.25, -0.2) is 4.39 Å². The van der Waals surface area contributed by atoms with Crippen molar-refractivity contribution in [1.82, 2.24) is 20.1 Å². The first-order valence-electron chi connectivity index (χ1n) is 9.24. The number of likely N-dealkylation sites (N-methyl/N-ethyl adjacent to an activating group) is 1. The Bertz CT molecular complexity index is 832. The number of aromatic amines is 1. The van der Waals surface area contributed by atoms with Crippen LogP contribution in [0.1, 0.15) is 17.5 Å². The Morgan fingerprint density at radius 2 is 2.11 bits per heavy atom. The minimum atomic E-state index is -1.13. The number of hydrogen-bond acceptors (Lipinski definition) is 3. The largest absolute Gasteiger partial charge is 0.361 e. The van der Waals surface area contributed by atoms with Crippen molar-refractivity contribution < 1.29 is 14.0 Å². The number of H-pyrrole nitrogens is 1. The molecule has 146 valence electrons. The zero-order valence-corrected chi connectivity index (χ0v) is 16.1. The first kappa shape index (κ1) is 19.4. The molecule has 1 fully saturated rings. The first-order chi connectivity index (χ1) is 12.8. The van der Waals surface area contributed by atoms with Crippen LogP contribution in [-0.2, 0) is 16.0 Å². The highest BCUT2D eigenvalue weighted by molar-refractivity contribution is 5.89.